The van der Waals surface area contributed by atoms with Crippen LogP contribution in [0.25, 0.3) is 6.08 Å². The van der Waals surface area contributed by atoms with Crippen LogP contribution in [-0.4, -0.2) is 32.1 Å². The Hall–Kier alpha value is -3.95. The summed E-state index contributed by atoms with van der Waals surface area (Å²) in [5.41, 5.74) is 2.76. The molecule has 0 saturated carbocycles. The fraction of sp³-hybridized carbons (Fsp3) is 0.0833. The molecule has 0 aromatic heterocycles. The Labute approximate surface area is 192 Å². The third kappa shape index (κ3) is 6.76. The number of para-hydroxylation sites is 2. The van der Waals surface area contributed by atoms with E-state index < -0.39 is 22.0 Å². The van der Waals surface area contributed by atoms with Gasteiger partial charge in [0.25, 0.3) is 5.91 Å². The first-order chi connectivity index (χ1) is 15.7. The molecule has 3 aromatic rings. The van der Waals surface area contributed by atoms with Gasteiger partial charge in [0, 0.05) is 12.1 Å². The fourth-order valence-corrected chi connectivity index (χ4v) is 3.89. The van der Waals surface area contributed by atoms with E-state index in [4.69, 9.17) is 5.11 Å². The maximum Gasteiger partial charge on any atom is 0.409 e. The van der Waals surface area contributed by atoms with Crippen molar-refractivity contribution < 1.29 is 23.1 Å². The zero-order chi connectivity index (χ0) is 23.8. The molecule has 0 atom stereocenters. The van der Waals surface area contributed by atoms with Crippen LogP contribution in [-0.2, 0) is 10.0 Å². The number of amides is 2. The summed E-state index contributed by atoms with van der Waals surface area (Å²) in [6.45, 7) is 2.00. The molecule has 170 valence electrons. The van der Waals surface area contributed by atoms with Crippen LogP contribution in [0.3, 0.4) is 0 Å². The molecule has 3 aromatic carbocycles. The van der Waals surface area contributed by atoms with Crippen LogP contribution in [0.2, 0.25) is 0 Å². The number of hydrogen-bond acceptors (Lipinski definition) is 4. The highest BCUT2D eigenvalue weighted by Crippen LogP contribution is 2.22. The number of sulfonamides is 1. The summed E-state index contributed by atoms with van der Waals surface area (Å²) in [7, 11) is -3.59. The molecule has 0 radical (unpaired) electrons. The molecule has 4 N–H and O–H groups in total. The molecular formula is C24H23N3O5S. The molecule has 2 amide bonds. The highest BCUT2D eigenvalue weighted by Gasteiger charge is 2.12. The molecule has 0 unspecified atom stereocenters. The Kier molecular flexibility index (Phi) is 7.60. The molecule has 33 heavy (non-hydrogen) atoms. The van der Waals surface area contributed by atoms with Crippen LogP contribution in [0, 0.1) is 6.92 Å². The van der Waals surface area contributed by atoms with Crippen LogP contribution in [0.4, 0.5) is 16.2 Å². The van der Waals surface area contributed by atoms with Crippen molar-refractivity contribution in [1.29, 1.82) is 0 Å². The van der Waals surface area contributed by atoms with Crippen molar-refractivity contribution in [2.24, 2.45) is 0 Å². The summed E-state index contributed by atoms with van der Waals surface area (Å²) in [5.74, 6) is -0.393. The average Bonchev–Trinajstić information content (AvgIpc) is 2.78. The number of hydrogen-bond donors (Lipinski definition) is 4. The van der Waals surface area contributed by atoms with E-state index in [9.17, 15) is 18.0 Å². The molecule has 0 heterocycles. The van der Waals surface area contributed by atoms with Gasteiger partial charge in [0.2, 0.25) is 10.0 Å². The SMILES string of the molecule is Cc1ccc(S(=O)(=O)NCC=Cc2ccc(C(=O)Nc3ccccc3NC(=O)O)cc2)cc1. The highest BCUT2D eigenvalue weighted by molar-refractivity contribution is 7.89. The molecule has 0 fully saturated rings. The van der Waals surface area contributed by atoms with Crippen molar-refractivity contribution in [3.63, 3.8) is 0 Å². The van der Waals surface area contributed by atoms with Gasteiger partial charge in [-0.15, -0.1) is 0 Å². The maximum absolute atomic E-state index is 12.5. The number of carboxylic acid groups (broad SMARTS) is 1. The monoisotopic (exact) mass is 465 g/mol. The second kappa shape index (κ2) is 10.6. The Bertz CT molecular complexity index is 1270. The zero-order valence-electron chi connectivity index (χ0n) is 17.8. The van der Waals surface area contributed by atoms with E-state index in [-0.39, 0.29) is 17.1 Å². The van der Waals surface area contributed by atoms with Gasteiger partial charge in [-0.1, -0.05) is 54.1 Å². The van der Waals surface area contributed by atoms with E-state index in [1.54, 1.807) is 84.9 Å². The minimum Gasteiger partial charge on any atom is -0.465 e. The van der Waals surface area contributed by atoms with Gasteiger partial charge in [0.1, 0.15) is 0 Å². The van der Waals surface area contributed by atoms with Crippen LogP contribution in [0.5, 0.6) is 0 Å². The predicted molar refractivity (Wildman–Crippen MR) is 128 cm³/mol. The lowest BCUT2D eigenvalue weighted by Gasteiger charge is -2.10. The van der Waals surface area contributed by atoms with Crippen molar-refractivity contribution >= 4 is 39.5 Å². The minimum atomic E-state index is -3.59. The smallest absolute Gasteiger partial charge is 0.409 e. The quantitative estimate of drug-likeness (QED) is 0.394. The van der Waals surface area contributed by atoms with Gasteiger partial charge >= 0.3 is 6.09 Å². The molecule has 0 spiro atoms. The van der Waals surface area contributed by atoms with Crippen molar-refractivity contribution in [3.05, 3.63) is 95.6 Å². The molecule has 9 heteroatoms. The molecule has 0 aliphatic heterocycles. The maximum atomic E-state index is 12.5. The Balaban J connectivity index is 1.58. The summed E-state index contributed by atoms with van der Waals surface area (Å²) in [5, 5.41) is 13.8. The summed E-state index contributed by atoms with van der Waals surface area (Å²) in [6.07, 6.45) is 2.19. The van der Waals surface area contributed by atoms with E-state index in [0.29, 0.717) is 11.3 Å². The largest absolute Gasteiger partial charge is 0.465 e. The number of carbonyl (C=O) groups excluding carboxylic acids is 1. The zero-order valence-corrected chi connectivity index (χ0v) is 18.6. The molecule has 0 bridgehead atoms. The summed E-state index contributed by atoms with van der Waals surface area (Å²) >= 11 is 0. The fourth-order valence-electron chi connectivity index (χ4n) is 2.91. The molecule has 8 nitrogen and oxygen atoms in total. The number of carbonyl (C=O) groups is 2. The summed E-state index contributed by atoms with van der Waals surface area (Å²) in [4.78, 5) is 23.6. The molecule has 0 saturated heterocycles. The second-order valence-corrected chi connectivity index (χ2v) is 8.89. The van der Waals surface area contributed by atoms with Gasteiger partial charge in [0.05, 0.1) is 16.3 Å². The summed E-state index contributed by atoms with van der Waals surface area (Å²) < 4.78 is 27.1. The molecule has 0 aliphatic rings. The van der Waals surface area contributed by atoms with Gasteiger partial charge < -0.3 is 10.4 Å². The van der Waals surface area contributed by atoms with Crippen molar-refractivity contribution in [1.82, 2.24) is 4.72 Å². The first kappa shape index (κ1) is 23.7. The first-order valence-electron chi connectivity index (χ1n) is 9.98. The lowest BCUT2D eigenvalue weighted by atomic mass is 10.1. The predicted octanol–water partition coefficient (Wildman–Crippen LogP) is 4.33. The van der Waals surface area contributed by atoms with E-state index in [0.717, 1.165) is 11.1 Å². The van der Waals surface area contributed by atoms with Crippen molar-refractivity contribution in [2.75, 3.05) is 17.2 Å². The Morgan fingerprint density at radius 1 is 0.879 bits per heavy atom. The second-order valence-electron chi connectivity index (χ2n) is 7.12. The highest BCUT2D eigenvalue weighted by atomic mass is 32.2. The van der Waals surface area contributed by atoms with Crippen LogP contribution >= 0.6 is 0 Å². The van der Waals surface area contributed by atoms with Crippen LogP contribution in [0.1, 0.15) is 21.5 Å². The number of rotatable bonds is 8. The van der Waals surface area contributed by atoms with Gasteiger partial charge in [-0.05, 0) is 48.9 Å². The van der Waals surface area contributed by atoms with Gasteiger partial charge in [0.15, 0.2) is 0 Å². The standard InChI is InChI=1S/C24H23N3O5S/c1-17-8-14-20(15-9-17)33(31,32)25-16-4-5-18-10-12-19(13-11-18)23(28)26-21-6-2-3-7-22(21)27-24(29)30/h2-15,25,27H,16H2,1H3,(H,26,28)(H,29,30). The third-order valence-corrected chi connectivity index (χ3v) is 6.06. The average molecular weight is 466 g/mol. The number of aryl methyl sites for hydroxylation is 1. The Morgan fingerprint density at radius 3 is 2.09 bits per heavy atom. The minimum absolute atomic E-state index is 0.117. The van der Waals surface area contributed by atoms with Crippen molar-refractivity contribution in [2.45, 2.75) is 11.8 Å². The lowest BCUT2D eigenvalue weighted by Crippen LogP contribution is -2.23. The summed E-state index contributed by atoms with van der Waals surface area (Å²) in [6, 6.07) is 19.8. The van der Waals surface area contributed by atoms with E-state index in [1.165, 1.54) is 0 Å². The molecular weight excluding hydrogens is 442 g/mol. The molecule has 0 aliphatic carbocycles. The van der Waals surface area contributed by atoms with Crippen LogP contribution < -0.4 is 15.4 Å². The van der Waals surface area contributed by atoms with Gasteiger partial charge in [-0.25, -0.2) is 17.9 Å². The van der Waals surface area contributed by atoms with E-state index in [2.05, 4.69) is 15.4 Å². The van der Waals surface area contributed by atoms with Crippen LogP contribution in [0.15, 0.2) is 83.8 Å². The third-order valence-electron chi connectivity index (χ3n) is 4.62. The molecule has 3 rings (SSSR count). The number of benzene rings is 3. The van der Waals surface area contributed by atoms with E-state index >= 15 is 0 Å². The topological polar surface area (TPSA) is 125 Å². The van der Waals surface area contributed by atoms with E-state index in [1.807, 2.05) is 6.92 Å². The first-order valence-corrected chi connectivity index (χ1v) is 11.5. The number of anilines is 2. The van der Waals surface area contributed by atoms with Gasteiger partial charge in [-0.3, -0.25) is 10.1 Å². The normalized spacial score (nSPS) is 11.3. The lowest BCUT2D eigenvalue weighted by molar-refractivity contribution is 0.102. The number of nitrogens with one attached hydrogen (secondary N) is 3. The Morgan fingerprint density at radius 2 is 1.48 bits per heavy atom. The van der Waals surface area contributed by atoms with Gasteiger partial charge in [-0.2, -0.15) is 0 Å². The van der Waals surface area contributed by atoms with Crippen molar-refractivity contribution in [3.8, 4) is 0 Å².